The van der Waals surface area contributed by atoms with Gasteiger partial charge in [0, 0.05) is 47.2 Å². The number of nitrogens with two attached hydrogens (primary N) is 1. The molecule has 0 saturated heterocycles. The van der Waals surface area contributed by atoms with Gasteiger partial charge in [-0.2, -0.15) is 0 Å². The number of nitrogens with zero attached hydrogens (tertiary/aromatic N) is 2. The highest BCUT2D eigenvalue weighted by atomic mass is 32.1. The molecule has 0 unspecified atom stereocenters. The molecule has 4 rings (SSSR count). The third kappa shape index (κ3) is 3.11. The zero-order chi connectivity index (χ0) is 19.0. The summed E-state index contributed by atoms with van der Waals surface area (Å²) in [5.41, 5.74) is 11.8. The van der Waals surface area contributed by atoms with Gasteiger partial charge in [-0.25, -0.2) is 4.98 Å². The van der Waals surface area contributed by atoms with E-state index in [2.05, 4.69) is 45.6 Å². The number of pyridine rings is 1. The molecule has 0 aliphatic rings. The molecule has 0 aliphatic heterocycles. The Morgan fingerprint density at radius 3 is 2.48 bits per heavy atom. The highest BCUT2D eigenvalue weighted by Gasteiger charge is 2.16. The van der Waals surface area contributed by atoms with Crippen LogP contribution in [0.3, 0.4) is 0 Å². The van der Waals surface area contributed by atoms with Gasteiger partial charge in [0.15, 0.2) is 0 Å². The van der Waals surface area contributed by atoms with Crippen LogP contribution in [0.2, 0.25) is 0 Å². The molecule has 0 amide bonds. The molecule has 0 radical (unpaired) electrons. The maximum Gasteiger partial charge on any atom is 0.132 e. The van der Waals surface area contributed by atoms with Crippen molar-refractivity contribution in [1.29, 1.82) is 0 Å². The molecule has 0 atom stereocenters. The Balaban J connectivity index is 1.92. The van der Waals surface area contributed by atoms with Crippen LogP contribution in [0.4, 0.5) is 11.5 Å². The molecular weight excluding hydrogens is 354 g/mol. The molecule has 2 N–H and O–H groups in total. The molecule has 136 valence electrons. The molecule has 2 heterocycles. The number of ether oxygens (including phenoxy) is 1. The van der Waals surface area contributed by atoms with E-state index in [0.29, 0.717) is 5.82 Å². The normalized spacial score (nSPS) is 10.9. The predicted octanol–water partition coefficient (Wildman–Crippen LogP) is 5.29. The van der Waals surface area contributed by atoms with Crippen LogP contribution < -0.4 is 15.4 Å². The summed E-state index contributed by atoms with van der Waals surface area (Å²) in [6.45, 7) is 0. The summed E-state index contributed by atoms with van der Waals surface area (Å²) in [7, 11) is 5.76. The van der Waals surface area contributed by atoms with Crippen LogP contribution in [0.5, 0.6) is 5.75 Å². The second kappa shape index (κ2) is 6.93. The van der Waals surface area contributed by atoms with Crippen molar-refractivity contribution in [3.63, 3.8) is 0 Å². The van der Waals surface area contributed by atoms with Crippen molar-refractivity contribution in [2.45, 2.75) is 0 Å². The van der Waals surface area contributed by atoms with Gasteiger partial charge in [0.2, 0.25) is 0 Å². The number of rotatable bonds is 4. The van der Waals surface area contributed by atoms with Crippen LogP contribution in [0.15, 0.2) is 60.1 Å². The Hall–Kier alpha value is -3.05. The van der Waals surface area contributed by atoms with Gasteiger partial charge in [0.05, 0.1) is 7.11 Å². The topological polar surface area (TPSA) is 51.4 Å². The van der Waals surface area contributed by atoms with E-state index in [9.17, 15) is 0 Å². The Morgan fingerprint density at radius 1 is 1.00 bits per heavy atom. The van der Waals surface area contributed by atoms with Crippen LogP contribution in [0.1, 0.15) is 0 Å². The largest absolute Gasteiger partial charge is 0.497 e. The summed E-state index contributed by atoms with van der Waals surface area (Å²) >= 11 is 1.70. The van der Waals surface area contributed by atoms with Crippen molar-refractivity contribution in [3.8, 4) is 28.0 Å². The molecular formula is C22H21N3OS. The SMILES string of the molecule is COc1cccc(-c2csc3c(-c4cccc(N(C)C)c4)cnc(N)c23)c1. The van der Waals surface area contributed by atoms with Crippen LogP contribution in [-0.2, 0) is 0 Å². The summed E-state index contributed by atoms with van der Waals surface area (Å²) in [5.74, 6) is 1.38. The Labute approximate surface area is 162 Å². The first-order valence-corrected chi connectivity index (χ1v) is 9.54. The van der Waals surface area contributed by atoms with Crippen molar-refractivity contribution < 1.29 is 4.74 Å². The lowest BCUT2D eigenvalue weighted by molar-refractivity contribution is 0.415. The fourth-order valence-corrected chi connectivity index (χ4v) is 4.35. The molecule has 0 saturated carbocycles. The Morgan fingerprint density at radius 2 is 1.74 bits per heavy atom. The van der Waals surface area contributed by atoms with E-state index < -0.39 is 0 Å². The molecule has 0 spiro atoms. The second-order valence-electron chi connectivity index (χ2n) is 6.59. The first kappa shape index (κ1) is 17.4. The maximum absolute atomic E-state index is 6.29. The number of aromatic nitrogens is 1. The minimum absolute atomic E-state index is 0.552. The molecule has 27 heavy (non-hydrogen) atoms. The number of methoxy groups -OCH3 is 1. The maximum atomic E-state index is 6.29. The monoisotopic (exact) mass is 375 g/mol. The molecule has 0 bridgehead atoms. The molecule has 2 aromatic heterocycles. The zero-order valence-electron chi connectivity index (χ0n) is 15.6. The third-order valence-corrected chi connectivity index (χ3v) is 5.69. The van der Waals surface area contributed by atoms with Crippen LogP contribution in [-0.4, -0.2) is 26.2 Å². The van der Waals surface area contributed by atoms with Crippen molar-refractivity contribution >= 4 is 32.9 Å². The standard InChI is InChI=1S/C22H21N3OS/c1-25(2)16-8-4-6-14(10-16)18-12-24-22(23)20-19(13-27-21(18)20)15-7-5-9-17(11-15)26-3/h4-13H,1-3H3,(H2,23,24). The average Bonchev–Trinajstić information content (AvgIpc) is 3.14. The van der Waals surface area contributed by atoms with Crippen molar-refractivity contribution in [2.24, 2.45) is 0 Å². The van der Waals surface area contributed by atoms with Gasteiger partial charge >= 0.3 is 0 Å². The summed E-state index contributed by atoms with van der Waals surface area (Å²) < 4.78 is 6.52. The molecule has 0 fully saturated rings. The number of fused-ring (bicyclic) bond motifs is 1. The van der Waals surface area contributed by atoms with E-state index in [1.807, 2.05) is 38.5 Å². The zero-order valence-corrected chi connectivity index (χ0v) is 16.4. The molecule has 5 heteroatoms. The van der Waals surface area contributed by atoms with Gasteiger partial charge in [-0.15, -0.1) is 11.3 Å². The lowest BCUT2D eigenvalue weighted by Crippen LogP contribution is -2.08. The number of nitrogen functional groups attached to an aromatic ring is 1. The third-order valence-electron chi connectivity index (χ3n) is 4.68. The summed E-state index contributed by atoms with van der Waals surface area (Å²) in [5, 5.41) is 3.15. The fraction of sp³-hybridized carbons (Fsp3) is 0.136. The number of hydrogen-bond donors (Lipinski definition) is 1. The van der Waals surface area contributed by atoms with Crippen LogP contribution >= 0.6 is 11.3 Å². The van der Waals surface area contributed by atoms with E-state index in [4.69, 9.17) is 10.5 Å². The van der Waals surface area contributed by atoms with Crippen LogP contribution in [0, 0.1) is 0 Å². The van der Waals surface area contributed by atoms with E-state index in [0.717, 1.165) is 43.8 Å². The van der Waals surface area contributed by atoms with E-state index in [1.54, 1.807) is 18.4 Å². The minimum atomic E-state index is 0.552. The second-order valence-corrected chi connectivity index (χ2v) is 7.47. The molecule has 2 aromatic carbocycles. The molecule has 4 nitrogen and oxygen atoms in total. The Kier molecular flexibility index (Phi) is 4.46. The van der Waals surface area contributed by atoms with Crippen molar-refractivity contribution in [1.82, 2.24) is 4.98 Å². The first-order chi connectivity index (χ1) is 13.1. The summed E-state index contributed by atoms with van der Waals surface area (Å²) in [6.07, 6.45) is 1.87. The van der Waals surface area contributed by atoms with Gasteiger partial charge < -0.3 is 15.4 Å². The highest BCUT2D eigenvalue weighted by molar-refractivity contribution is 7.18. The van der Waals surface area contributed by atoms with Crippen molar-refractivity contribution in [2.75, 3.05) is 31.8 Å². The number of thiophene rings is 1. The summed E-state index contributed by atoms with van der Waals surface area (Å²) in [4.78, 5) is 6.60. The molecule has 0 aliphatic carbocycles. The van der Waals surface area contributed by atoms with E-state index in [1.165, 1.54) is 0 Å². The molecule has 4 aromatic rings. The minimum Gasteiger partial charge on any atom is -0.497 e. The predicted molar refractivity (Wildman–Crippen MR) is 116 cm³/mol. The van der Waals surface area contributed by atoms with Gasteiger partial charge in [-0.1, -0.05) is 24.3 Å². The van der Waals surface area contributed by atoms with Crippen molar-refractivity contribution in [3.05, 3.63) is 60.1 Å². The summed E-state index contributed by atoms with van der Waals surface area (Å²) in [6, 6.07) is 16.5. The number of hydrogen-bond acceptors (Lipinski definition) is 5. The lowest BCUT2D eigenvalue weighted by Gasteiger charge is -2.14. The highest BCUT2D eigenvalue weighted by Crippen LogP contribution is 2.42. The van der Waals surface area contributed by atoms with E-state index in [-0.39, 0.29) is 0 Å². The average molecular weight is 375 g/mol. The number of anilines is 2. The van der Waals surface area contributed by atoms with Gasteiger partial charge in [0.25, 0.3) is 0 Å². The van der Waals surface area contributed by atoms with Crippen LogP contribution in [0.25, 0.3) is 32.3 Å². The quantitative estimate of drug-likeness (QED) is 0.527. The first-order valence-electron chi connectivity index (χ1n) is 8.66. The smallest absolute Gasteiger partial charge is 0.132 e. The van der Waals surface area contributed by atoms with Gasteiger partial charge in [0.1, 0.15) is 11.6 Å². The van der Waals surface area contributed by atoms with E-state index >= 15 is 0 Å². The number of benzene rings is 2. The van der Waals surface area contributed by atoms with Gasteiger partial charge in [-0.05, 0) is 40.8 Å². The fourth-order valence-electron chi connectivity index (χ4n) is 3.23. The Bertz CT molecular complexity index is 1120. The lowest BCUT2D eigenvalue weighted by atomic mass is 10.0. The van der Waals surface area contributed by atoms with Gasteiger partial charge in [-0.3, -0.25) is 0 Å².